The number of aliphatic hydroxyl groups excluding tert-OH is 1. The fourth-order valence-corrected chi connectivity index (χ4v) is 1.26. The van der Waals surface area contributed by atoms with Crippen LogP contribution in [-0.4, -0.2) is 38.2 Å². The number of ketones is 1. The number of sulfonamides is 1. The van der Waals surface area contributed by atoms with Gasteiger partial charge in [0, 0.05) is 0 Å². The van der Waals surface area contributed by atoms with Gasteiger partial charge in [-0.3, -0.25) is 4.79 Å². The molecule has 5 nitrogen and oxygen atoms in total. The van der Waals surface area contributed by atoms with Gasteiger partial charge in [-0.25, -0.2) is 13.1 Å². The molecule has 11 heavy (non-hydrogen) atoms. The number of nitrogens with one attached hydrogen (secondary N) is 1. The molecule has 0 rings (SSSR count). The van der Waals surface area contributed by atoms with Crippen molar-refractivity contribution >= 4 is 15.8 Å². The van der Waals surface area contributed by atoms with E-state index in [9.17, 15) is 13.2 Å². The summed E-state index contributed by atoms with van der Waals surface area (Å²) in [4.78, 5) is 10.6. The van der Waals surface area contributed by atoms with Gasteiger partial charge in [0.1, 0.15) is 11.8 Å². The molecule has 0 radical (unpaired) electrons. The maximum absolute atomic E-state index is 10.6. The van der Waals surface area contributed by atoms with E-state index < -0.39 is 28.5 Å². The summed E-state index contributed by atoms with van der Waals surface area (Å²) in [5.41, 5.74) is 0. The fraction of sp³-hybridized carbons (Fsp3) is 0.800. The third-order valence-corrected chi connectivity index (χ3v) is 1.74. The number of aliphatic hydroxyl groups is 1. The van der Waals surface area contributed by atoms with Crippen molar-refractivity contribution < 1.29 is 18.3 Å². The Morgan fingerprint density at radius 2 is 2.09 bits per heavy atom. The minimum Gasteiger partial charge on any atom is -0.394 e. The summed E-state index contributed by atoms with van der Waals surface area (Å²) in [6, 6.07) is -1.01. The molecule has 1 atom stereocenters. The Hall–Kier alpha value is -0.460. The van der Waals surface area contributed by atoms with Gasteiger partial charge in [0.05, 0.1) is 12.9 Å². The molecule has 0 aromatic carbocycles. The largest absolute Gasteiger partial charge is 0.394 e. The molecule has 2 N–H and O–H groups in total. The third-order valence-electron chi connectivity index (χ3n) is 1.03. The lowest BCUT2D eigenvalue weighted by Crippen LogP contribution is -2.41. The lowest BCUT2D eigenvalue weighted by Gasteiger charge is -2.09. The molecule has 0 amide bonds. The van der Waals surface area contributed by atoms with Crippen molar-refractivity contribution in [1.29, 1.82) is 0 Å². The number of Topliss-reactive ketones (excluding diaryl/α,β-unsaturated/α-hetero) is 1. The van der Waals surface area contributed by atoms with E-state index in [1.807, 2.05) is 4.72 Å². The van der Waals surface area contributed by atoms with Gasteiger partial charge in [-0.15, -0.1) is 0 Å². The maximum Gasteiger partial charge on any atom is 0.209 e. The van der Waals surface area contributed by atoms with Gasteiger partial charge in [0.2, 0.25) is 10.0 Å². The molecular formula is C5H11NO4S. The minimum absolute atomic E-state index is 0.405. The maximum atomic E-state index is 10.6. The quantitative estimate of drug-likeness (QED) is 0.552. The Kier molecular flexibility index (Phi) is 3.64. The van der Waals surface area contributed by atoms with Crippen LogP contribution in [-0.2, 0) is 14.8 Å². The van der Waals surface area contributed by atoms with E-state index in [0.29, 0.717) is 0 Å². The van der Waals surface area contributed by atoms with E-state index in [1.165, 1.54) is 6.92 Å². The van der Waals surface area contributed by atoms with E-state index >= 15 is 0 Å². The number of hydrogen-bond acceptors (Lipinski definition) is 4. The lowest BCUT2D eigenvalue weighted by atomic mass is 10.2. The second kappa shape index (κ2) is 3.80. The smallest absolute Gasteiger partial charge is 0.209 e. The normalized spacial score (nSPS) is 14.5. The number of rotatable bonds is 4. The van der Waals surface area contributed by atoms with E-state index in [4.69, 9.17) is 5.11 Å². The highest BCUT2D eigenvalue weighted by molar-refractivity contribution is 7.88. The first-order chi connectivity index (χ1) is 4.87. The Balaban J connectivity index is 4.22. The number of carbonyl (C=O) groups is 1. The Labute approximate surface area is 65.5 Å². The van der Waals surface area contributed by atoms with Crippen LogP contribution in [0.1, 0.15) is 6.92 Å². The average molecular weight is 181 g/mol. The van der Waals surface area contributed by atoms with Crippen molar-refractivity contribution in [2.45, 2.75) is 13.0 Å². The van der Waals surface area contributed by atoms with Crippen LogP contribution in [0.4, 0.5) is 0 Å². The zero-order valence-electron chi connectivity index (χ0n) is 6.36. The standard InChI is InChI=1S/C5H11NO4S/c1-4(8)5(3-7)6-11(2,9)10/h5-7H,3H2,1-2H3. The summed E-state index contributed by atoms with van der Waals surface area (Å²) in [6.07, 6.45) is 0.929. The van der Waals surface area contributed by atoms with Crippen LogP contribution in [0.3, 0.4) is 0 Å². The van der Waals surface area contributed by atoms with Gasteiger partial charge >= 0.3 is 0 Å². The number of hydrogen-bond donors (Lipinski definition) is 2. The molecule has 66 valence electrons. The second-order valence-corrected chi connectivity index (χ2v) is 4.02. The molecule has 0 aromatic heterocycles. The van der Waals surface area contributed by atoms with Crippen molar-refractivity contribution in [3.05, 3.63) is 0 Å². The van der Waals surface area contributed by atoms with Crippen LogP contribution in [0.25, 0.3) is 0 Å². The van der Waals surface area contributed by atoms with Crippen molar-refractivity contribution in [2.75, 3.05) is 12.9 Å². The lowest BCUT2D eigenvalue weighted by molar-refractivity contribution is -0.119. The molecule has 0 aliphatic heterocycles. The summed E-state index contributed by atoms with van der Waals surface area (Å²) < 4.78 is 23.0. The first-order valence-corrected chi connectivity index (χ1v) is 4.84. The topological polar surface area (TPSA) is 83.5 Å². The molecule has 1 unspecified atom stereocenters. The van der Waals surface area contributed by atoms with Crippen LogP contribution in [0.2, 0.25) is 0 Å². The third kappa shape index (κ3) is 4.88. The first-order valence-electron chi connectivity index (χ1n) is 2.95. The highest BCUT2D eigenvalue weighted by atomic mass is 32.2. The molecule has 0 aliphatic rings. The van der Waals surface area contributed by atoms with Gasteiger partial charge < -0.3 is 5.11 Å². The summed E-state index contributed by atoms with van der Waals surface area (Å²) in [7, 11) is -3.41. The average Bonchev–Trinajstić information content (AvgIpc) is 1.80. The molecule has 0 saturated heterocycles. The van der Waals surface area contributed by atoms with Crippen LogP contribution >= 0.6 is 0 Å². The van der Waals surface area contributed by atoms with Gasteiger partial charge in [0.25, 0.3) is 0 Å². The summed E-state index contributed by atoms with van der Waals surface area (Å²) in [6.45, 7) is 0.696. The molecule has 0 heterocycles. The van der Waals surface area contributed by atoms with Crippen molar-refractivity contribution in [3.63, 3.8) is 0 Å². The summed E-state index contributed by atoms with van der Waals surface area (Å²) in [5.74, 6) is -0.405. The first kappa shape index (κ1) is 10.5. The predicted molar refractivity (Wildman–Crippen MR) is 39.5 cm³/mol. The minimum atomic E-state index is -3.41. The summed E-state index contributed by atoms with van der Waals surface area (Å²) in [5, 5.41) is 8.51. The predicted octanol–water partition coefficient (Wildman–Crippen LogP) is -1.51. The summed E-state index contributed by atoms with van der Waals surface area (Å²) >= 11 is 0. The van der Waals surface area contributed by atoms with Crippen LogP contribution in [0.15, 0.2) is 0 Å². The monoisotopic (exact) mass is 181 g/mol. The molecule has 0 saturated carbocycles. The van der Waals surface area contributed by atoms with E-state index in [1.54, 1.807) is 0 Å². The Morgan fingerprint density at radius 3 is 2.18 bits per heavy atom. The molecule has 0 aliphatic carbocycles. The zero-order valence-corrected chi connectivity index (χ0v) is 7.18. The van der Waals surface area contributed by atoms with E-state index in [-0.39, 0.29) is 0 Å². The van der Waals surface area contributed by atoms with Crippen molar-refractivity contribution in [3.8, 4) is 0 Å². The fourth-order valence-electron chi connectivity index (χ4n) is 0.507. The van der Waals surface area contributed by atoms with E-state index in [2.05, 4.69) is 0 Å². The molecule has 6 heteroatoms. The van der Waals surface area contributed by atoms with Crippen molar-refractivity contribution in [1.82, 2.24) is 4.72 Å². The Bertz CT molecular complexity index is 233. The van der Waals surface area contributed by atoms with Crippen LogP contribution in [0.5, 0.6) is 0 Å². The highest BCUT2D eigenvalue weighted by Crippen LogP contribution is 1.87. The van der Waals surface area contributed by atoms with Gasteiger partial charge in [0.15, 0.2) is 0 Å². The molecule has 0 bridgehead atoms. The number of carbonyl (C=O) groups excluding carboxylic acids is 1. The molecular weight excluding hydrogens is 170 g/mol. The second-order valence-electron chi connectivity index (χ2n) is 2.24. The van der Waals surface area contributed by atoms with Crippen LogP contribution in [0, 0.1) is 0 Å². The van der Waals surface area contributed by atoms with Gasteiger partial charge in [-0.05, 0) is 6.92 Å². The van der Waals surface area contributed by atoms with Crippen molar-refractivity contribution in [2.24, 2.45) is 0 Å². The van der Waals surface area contributed by atoms with Crippen LogP contribution < -0.4 is 4.72 Å². The van der Waals surface area contributed by atoms with E-state index in [0.717, 1.165) is 6.26 Å². The highest BCUT2D eigenvalue weighted by Gasteiger charge is 2.16. The molecule has 0 aromatic rings. The van der Waals surface area contributed by atoms with Gasteiger partial charge in [-0.1, -0.05) is 0 Å². The zero-order chi connectivity index (χ0) is 9.07. The Morgan fingerprint density at radius 1 is 1.64 bits per heavy atom. The van der Waals surface area contributed by atoms with Gasteiger partial charge in [-0.2, -0.15) is 0 Å². The SMILES string of the molecule is CC(=O)C(CO)NS(C)(=O)=O. The molecule has 0 fully saturated rings. The molecule has 0 spiro atoms.